The molecule has 0 saturated heterocycles. The molecule has 0 fully saturated rings. The zero-order valence-corrected chi connectivity index (χ0v) is 11.9. The Morgan fingerprint density at radius 1 is 1.00 bits per heavy atom. The van der Waals surface area contributed by atoms with Gasteiger partial charge in [0.05, 0.1) is 18.6 Å². The first-order chi connectivity index (χ1) is 10.3. The van der Waals surface area contributed by atoms with E-state index in [1.54, 1.807) is 12.5 Å². The highest BCUT2D eigenvalue weighted by atomic mass is 35.5. The molecule has 0 amide bonds. The maximum atomic E-state index is 11.2. The first-order valence-corrected chi connectivity index (χ1v) is 6.95. The number of aromatic nitrogens is 2. The highest BCUT2D eigenvalue weighted by molar-refractivity contribution is 6.30. The monoisotopic (exact) mass is 296 g/mol. The van der Waals surface area contributed by atoms with E-state index in [2.05, 4.69) is 4.98 Å². The zero-order chi connectivity index (χ0) is 14.7. The second-order valence-electron chi connectivity index (χ2n) is 4.71. The lowest BCUT2D eigenvalue weighted by atomic mass is 9.98. The van der Waals surface area contributed by atoms with E-state index in [4.69, 9.17) is 11.6 Å². The standard InChI is InChI=1S/C17H13ClN2O/c18-15-8-6-14(7-9-15)17(13-4-2-1-3-5-13)20-12-19-10-16(20)11-21/h1-12,17H. The van der Waals surface area contributed by atoms with Crippen molar-refractivity contribution >= 4 is 17.9 Å². The fraction of sp³-hybridized carbons (Fsp3) is 0.0588. The van der Waals surface area contributed by atoms with Gasteiger partial charge in [-0.15, -0.1) is 0 Å². The molecule has 2 aromatic carbocycles. The van der Waals surface area contributed by atoms with E-state index in [0.29, 0.717) is 10.7 Å². The summed E-state index contributed by atoms with van der Waals surface area (Å²) in [5, 5.41) is 0.687. The SMILES string of the molecule is O=Cc1cncn1C(c1ccccc1)c1ccc(Cl)cc1. The quantitative estimate of drug-likeness (QED) is 0.682. The van der Waals surface area contributed by atoms with Gasteiger partial charge in [0.1, 0.15) is 5.69 Å². The molecular weight excluding hydrogens is 284 g/mol. The number of imidazole rings is 1. The number of benzene rings is 2. The van der Waals surface area contributed by atoms with E-state index in [9.17, 15) is 4.79 Å². The number of halogens is 1. The summed E-state index contributed by atoms with van der Waals surface area (Å²) in [6.45, 7) is 0. The average molecular weight is 297 g/mol. The lowest BCUT2D eigenvalue weighted by Crippen LogP contribution is -2.13. The van der Waals surface area contributed by atoms with Gasteiger partial charge in [0, 0.05) is 5.02 Å². The van der Waals surface area contributed by atoms with E-state index in [1.165, 1.54) is 0 Å². The van der Waals surface area contributed by atoms with Crippen LogP contribution in [0, 0.1) is 0 Å². The minimum atomic E-state index is -0.105. The number of carbonyl (C=O) groups is 1. The summed E-state index contributed by atoms with van der Waals surface area (Å²) in [5.41, 5.74) is 2.67. The van der Waals surface area contributed by atoms with Crippen molar-refractivity contribution in [1.82, 2.24) is 9.55 Å². The van der Waals surface area contributed by atoms with Crippen LogP contribution in [0.3, 0.4) is 0 Å². The number of nitrogens with zero attached hydrogens (tertiary/aromatic N) is 2. The lowest BCUT2D eigenvalue weighted by Gasteiger charge is -2.21. The van der Waals surface area contributed by atoms with Crippen LogP contribution in [-0.4, -0.2) is 15.8 Å². The predicted molar refractivity (Wildman–Crippen MR) is 82.7 cm³/mol. The van der Waals surface area contributed by atoms with Gasteiger partial charge < -0.3 is 4.57 Å². The van der Waals surface area contributed by atoms with Crippen LogP contribution in [0.25, 0.3) is 0 Å². The first kappa shape index (κ1) is 13.6. The first-order valence-electron chi connectivity index (χ1n) is 6.57. The minimum absolute atomic E-state index is 0.105. The van der Waals surface area contributed by atoms with Gasteiger partial charge in [-0.05, 0) is 23.3 Å². The van der Waals surface area contributed by atoms with Crippen molar-refractivity contribution < 1.29 is 4.79 Å². The molecule has 1 heterocycles. The van der Waals surface area contributed by atoms with Crippen molar-refractivity contribution in [2.75, 3.05) is 0 Å². The third-order valence-electron chi connectivity index (χ3n) is 3.40. The van der Waals surface area contributed by atoms with Gasteiger partial charge in [0.15, 0.2) is 6.29 Å². The average Bonchev–Trinajstić information content (AvgIpc) is 2.99. The molecule has 0 aliphatic carbocycles. The third kappa shape index (κ3) is 2.73. The van der Waals surface area contributed by atoms with Crippen LogP contribution in [0.15, 0.2) is 67.1 Å². The fourth-order valence-electron chi connectivity index (χ4n) is 2.42. The molecule has 0 spiro atoms. The Kier molecular flexibility index (Phi) is 3.84. The summed E-state index contributed by atoms with van der Waals surface area (Å²) in [5.74, 6) is 0. The topological polar surface area (TPSA) is 34.9 Å². The number of hydrogen-bond donors (Lipinski definition) is 0. The smallest absolute Gasteiger partial charge is 0.168 e. The summed E-state index contributed by atoms with van der Waals surface area (Å²) < 4.78 is 1.87. The number of rotatable bonds is 4. The highest BCUT2D eigenvalue weighted by Gasteiger charge is 2.18. The van der Waals surface area contributed by atoms with E-state index in [1.807, 2.05) is 59.2 Å². The van der Waals surface area contributed by atoms with Crippen LogP contribution in [0.2, 0.25) is 5.02 Å². The van der Waals surface area contributed by atoms with E-state index < -0.39 is 0 Å². The molecule has 0 aliphatic rings. The van der Waals surface area contributed by atoms with Gasteiger partial charge in [-0.3, -0.25) is 4.79 Å². The van der Waals surface area contributed by atoms with E-state index in [0.717, 1.165) is 17.4 Å². The van der Waals surface area contributed by atoms with Crippen molar-refractivity contribution in [2.24, 2.45) is 0 Å². The van der Waals surface area contributed by atoms with Gasteiger partial charge in [-0.1, -0.05) is 54.1 Å². The molecule has 3 nitrogen and oxygen atoms in total. The second-order valence-corrected chi connectivity index (χ2v) is 5.14. The van der Waals surface area contributed by atoms with Crippen molar-refractivity contribution in [3.05, 3.63) is 89.0 Å². The minimum Gasteiger partial charge on any atom is -0.317 e. The highest BCUT2D eigenvalue weighted by Crippen LogP contribution is 2.28. The Morgan fingerprint density at radius 3 is 2.33 bits per heavy atom. The lowest BCUT2D eigenvalue weighted by molar-refractivity contribution is 0.111. The van der Waals surface area contributed by atoms with Gasteiger partial charge in [-0.25, -0.2) is 4.98 Å². The second kappa shape index (κ2) is 5.94. The molecule has 104 valence electrons. The van der Waals surface area contributed by atoms with Crippen LogP contribution >= 0.6 is 11.6 Å². The summed E-state index contributed by atoms with van der Waals surface area (Å²) in [4.78, 5) is 15.3. The maximum Gasteiger partial charge on any atom is 0.168 e. The van der Waals surface area contributed by atoms with Crippen molar-refractivity contribution in [2.45, 2.75) is 6.04 Å². The van der Waals surface area contributed by atoms with Gasteiger partial charge in [-0.2, -0.15) is 0 Å². The Labute approximate surface area is 127 Å². The van der Waals surface area contributed by atoms with E-state index >= 15 is 0 Å². The van der Waals surface area contributed by atoms with Gasteiger partial charge in [0.25, 0.3) is 0 Å². The molecule has 0 saturated carbocycles. The summed E-state index contributed by atoms with van der Waals surface area (Å²) in [6, 6.07) is 17.5. The number of carbonyl (C=O) groups excluding carboxylic acids is 1. The fourth-order valence-corrected chi connectivity index (χ4v) is 2.54. The van der Waals surface area contributed by atoms with E-state index in [-0.39, 0.29) is 6.04 Å². The van der Waals surface area contributed by atoms with Gasteiger partial charge >= 0.3 is 0 Å². The molecule has 0 aliphatic heterocycles. The number of hydrogen-bond acceptors (Lipinski definition) is 2. The van der Waals surface area contributed by atoms with Crippen LogP contribution < -0.4 is 0 Å². The Balaban J connectivity index is 2.16. The van der Waals surface area contributed by atoms with Gasteiger partial charge in [0.2, 0.25) is 0 Å². The molecule has 1 aromatic heterocycles. The molecule has 21 heavy (non-hydrogen) atoms. The molecule has 0 radical (unpaired) electrons. The summed E-state index contributed by atoms with van der Waals surface area (Å²) in [7, 11) is 0. The molecule has 3 rings (SSSR count). The molecule has 3 aromatic rings. The van der Waals surface area contributed by atoms with Crippen LogP contribution in [0.1, 0.15) is 27.7 Å². The summed E-state index contributed by atoms with van der Waals surface area (Å²) >= 11 is 5.97. The Bertz CT molecular complexity index is 735. The zero-order valence-electron chi connectivity index (χ0n) is 11.2. The predicted octanol–water partition coefficient (Wildman–Crippen LogP) is 3.99. The third-order valence-corrected chi connectivity index (χ3v) is 3.65. The van der Waals surface area contributed by atoms with Crippen molar-refractivity contribution in [3.8, 4) is 0 Å². The molecule has 0 bridgehead atoms. The van der Waals surface area contributed by atoms with Crippen LogP contribution in [0.4, 0.5) is 0 Å². The Morgan fingerprint density at radius 2 is 1.67 bits per heavy atom. The molecule has 1 atom stereocenters. The maximum absolute atomic E-state index is 11.2. The number of aldehydes is 1. The molecule has 0 N–H and O–H groups in total. The molecule has 1 unspecified atom stereocenters. The van der Waals surface area contributed by atoms with Crippen molar-refractivity contribution in [3.63, 3.8) is 0 Å². The normalized spacial score (nSPS) is 12.0. The van der Waals surface area contributed by atoms with Crippen molar-refractivity contribution in [1.29, 1.82) is 0 Å². The van der Waals surface area contributed by atoms with Crippen LogP contribution in [0.5, 0.6) is 0 Å². The largest absolute Gasteiger partial charge is 0.317 e. The molecular formula is C17H13ClN2O. The Hall–Kier alpha value is -2.39. The van der Waals surface area contributed by atoms with Crippen LogP contribution in [-0.2, 0) is 0 Å². The summed E-state index contributed by atoms with van der Waals surface area (Å²) in [6.07, 6.45) is 4.06. The molecule has 4 heteroatoms.